The number of methoxy groups -OCH3 is 1. The highest BCUT2D eigenvalue weighted by atomic mass is 35.5. The second-order valence-corrected chi connectivity index (χ2v) is 7.78. The van der Waals surface area contributed by atoms with Gasteiger partial charge in [-0.05, 0) is 69.7 Å². The van der Waals surface area contributed by atoms with Gasteiger partial charge in [0.15, 0.2) is 0 Å². The SMILES string of the molecule is CCN(C(=O)Cc1c(C)nn(-c2ccc(Cl)cc2)c1C)C(C)c1cccc(OC)c1. The standard InChI is InChI=1S/C24H28ClN3O2/c1-6-27(17(3)19-8-7-9-22(14-19)30-5)24(29)15-23-16(2)26-28(18(23)4)21-12-10-20(25)11-13-21/h7-14,17H,6,15H2,1-5H3. The molecule has 0 aliphatic carbocycles. The topological polar surface area (TPSA) is 47.4 Å². The maximum atomic E-state index is 13.2. The summed E-state index contributed by atoms with van der Waals surface area (Å²) >= 11 is 6.01. The van der Waals surface area contributed by atoms with E-state index >= 15 is 0 Å². The van der Waals surface area contributed by atoms with Crippen LogP contribution < -0.4 is 4.74 Å². The maximum absolute atomic E-state index is 13.2. The minimum Gasteiger partial charge on any atom is -0.497 e. The molecular weight excluding hydrogens is 398 g/mol. The average Bonchev–Trinajstić information content (AvgIpc) is 3.03. The second-order valence-electron chi connectivity index (χ2n) is 7.35. The van der Waals surface area contributed by atoms with Crippen LogP contribution in [0.25, 0.3) is 5.69 Å². The number of aryl methyl sites for hydroxylation is 1. The van der Waals surface area contributed by atoms with Crippen molar-refractivity contribution in [1.29, 1.82) is 0 Å². The first-order valence-corrected chi connectivity index (χ1v) is 10.5. The highest BCUT2D eigenvalue weighted by molar-refractivity contribution is 6.30. The van der Waals surface area contributed by atoms with Gasteiger partial charge >= 0.3 is 0 Å². The normalized spacial score (nSPS) is 11.9. The average molecular weight is 426 g/mol. The van der Waals surface area contributed by atoms with Gasteiger partial charge in [0.05, 0.1) is 31.0 Å². The Labute approximate surface area is 183 Å². The van der Waals surface area contributed by atoms with E-state index in [2.05, 4.69) is 5.10 Å². The third kappa shape index (κ3) is 4.51. The monoisotopic (exact) mass is 425 g/mol. The van der Waals surface area contributed by atoms with E-state index < -0.39 is 0 Å². The van der Waals surface area contributed by atoms with Gasteiger partial charge in [-0.3, -0.25) is 4.79 Å². The van der Waals surface area contributed by atoms with E-state index in [0.29, 0.717) is 18.0 Å². The second kappa shape index (κ2) is 9.35. The third-order valence-electron chi connectivity index (χ3n) is 5.55. The largest absolute Gasteiger partial charge is 0.497 e. The number of halogens is 1. The number of nitrogens with zero attached hydrogens (tertiary/aromatic N) is 3. The molecule has 1 amide bonds. The van der Waals surface area contributed by atoms with Crippen molar-refractivity contribution in [2.45, 2.75) is 40.2 Å². The highest BCUT2D eigenvalue weighted by Gasteiger charge is 2.23. The lowest BCUT2D eigenvalue weighted by Crippen LogP contribution is -2.34. The number of hydrogen-bond donors (Lipinski definition) is 0. The van der Waals surface area contributed by atoms with Gasteiger partial charge in [-0.2, -0.15) is 5.10 Å². The van der Waals surface area contributed by atoms with Crippen LogP contribution in [-0.4, -0.2) is 34.2 Å². The summed E-state index contributed by atoms with van der Waals surface area (Å²) < 4.78 is 7.21. The fourth-order valence-electron chi connectivity index (χ4n) is 3.76. The van der Waals surface area contributed by atoms with Crippen molar-refractivity contribution >= 4 is 17.5 Å². The Morgan fingerprint density at radius 3 is 2.53 bits per heavy atom. The molecule has 1 aromatic heterocycles. The molecule has 3 aromatic rings. The molecule has 6 heteroatoms. The Balaban J connectivity index is 1.84. The first kappa shape index (κ1) is 21.9. The molecule has 0 aliphatic rings. The lowest BCUT2D eigenvalue weighted by Gasteiger charge is -2.29. The molecule has 0 saturated heterocycles. The quantitative estimate of drug-likeness (QED) is 0.515. The number of hydrogen-bond acceptors (Lipinski definition) is 3. The van der Waals surface area contributed by atoms with Gasteiger partial charge < -0.3 is 9.64 Å². The van der Waals surface area contributed by atoms with E-state index in [1.54, 1.807) is 7.11 Å². The number of aromatic nitrogens is 2. The Morgan fingerprint density at radius 2 is 1.90 bits per heavy atom. The van der Waals surface area contributed by atoms with E-state index in [1.807, 2.05) is 85.8 Å². The summed E-state index contributed by atoms with van der Waals surface area (Å²) in [6, 6.07) is 15.4. The van der Waals surface area contributed by atoms with Gasteiger partial charge in [-0.1, -0.05) is 23.7 Å². The van der Waals surface area contributed by atoms with Crippen LogP contribution in [0.15, 0.2) is 48.5 Å². The minimum atomic E-state index is -0.0514. The van der Waals surface area contributed by atoms with Gasteiger partial charge in [-0.25, -0.2) is 4.68 Å². The summed E-state index contributed by atoms with van der Waals surface area (Å²) in [5.74, 6) is 0.869. The number of benzene rings is 2. The van der Waals surface area contributed by atoms with Crippen LogP contribution in [0.5, 0.6) is 5.75 Å². The Bertz CT molecular complexity index is 1030. The summed E-state index contributed by atoms with van der Waals surface area (Å²) in [6.07, 6.45) is 0.313. The molecule has 1 unspecified atom stereocenters. The van der Waals surface area contributed by atoms with Crippen molar-refractivity contribution < 1.29 is 9.53 Å². The van der Waals surface area contributed by atoms with Crippen LogP contribution in [0, 0.1) is 13.8 Å². The molecule has 0 radical (unpaired) electrons. The molecule has 30 heavy (non-hydrogen) atoms. The summed E-state index contributed by atoms with van der Waals surface area (Å²) in [7, 11) is 1.65. The molecule has 0 bridgehead atoms. The highest BCUT2D eigenvalue weighted by Crippen LogP contribution is 2.26. The summed E-state index contributed by atoms with van der Waals surface area (Å²) in [5.41, 5.74) is 4.77. The van der Waals surface area contributed by atoms with Gasteiger partial charge in [0.2, 0.25) is 5.91 Å². The van der Waals surface area contributed by atoms with Gasteiger partial charge in [0, 0.05) is 22.8 Å². The fourth-order valence-corrected chi connectivity index (χ4v) is 3.89. The van der Waals surface area contributed by atoms with Crippen molar-refractivity contribution in [1.82, 2.24) is 14.7 Å². The van der Waals surface area contributed by atoms with Crippen molar-refractivity contribution in [3.63, 3.8) is 0 Å². The molecule has 5 nitrogen and oxygen atoms in total. The molecule has 0 aliphatic heterocycles. The van der Waals surface area contributed by atoms with Crippen molar-refractivity contribution in [2.75, 3.05) is 13.7 Å². The van der Waals surface area contributed by atoms with Crippen molar-refractivity contribution in [2.24, 2.45) is 0 Å². The zero-order valence-corrected chi connectivity index (χ0v) is 18.9. The number of amides is 1. The summed E-state index contributed by atoms with van der Waals surface area (Å²) in [6.45, 7) is 8.63. The van der Waals surface area contributed by atoms with E-state index in [0.717, 1.165) is 34.0 Å². The molecule has 158 valence electrons. The third-order valence-corrected chi connectivity index (χ3v) is 5.80. The fraction of sp³-hybridized carbons (Fsp3) is 0.333. The molecule has 0 saturated carbocycles. The molecular formula is C24H28ClN3O2. The van der Waals surface area contributed by atoms with Crippen LogP contribution in [0.4, 0.5) is 0 Å². The number of ether oxygens (including phenoxy) is 1. The predicted octanol–water partition coefficient (Wildman–Crippen LogP) is 5.30. The van der Waals surface area contributed by atoms with Crippen LogP contribution in [0.2, 0.25) is 5.02 Å². The number of carbonyl (C=O) groups is 1. The number of likely N-dealkylation sites (N-methyl/N-ethyl adjacent to an activating group) is 1. The minimum absolute atomic E-state index is 0.0514. The predicted molar refractivity (Wildman–Crippen MR) is 121 cm³/mol. The molecule has 2 aromatic carbocycles. The number of carbonyl (C=O) groups excluding carboxylic acids is 1. The van der Waals surface area contributed by atoms with Crippen LogP contribution in [0.3, 0.4) is 0 Å². The van der Waals surface area contributed by atoms with Gasteiger partial charge in [0.25, 0.3) is 0 Å². The number of rotatable bonds is 7. The molecule has 0 N–H and O–H groups in total. The molecule has 0 spiro atoms. The zero-order valence-electron chi connectivity index (χ0n) is 18.1. The first-order chi connectivity index (χ1) is 14.3. The van der Waals surface area contributed by atoms with Crippen molar-refractivity contribution in [3.8, 4) is 11.4 Å². The van der Waals surface area contributed by atoms with Crippen molar-refractivity contribution in [3.05, 3.63) is 76.1 Å². The summed E-state index contributed by atoms with van der Waals surface area (Å²) in [4.78, 5) is 15.1. The van der Waals surface area contributed by atoms with Gasteiger partial charge in [-0.15, -0.1) is 0 Å². The maximum Gasteiger partial charge on any atom is 0.227 e. The first-order valence-electron chi connectivity index (χ1n) is 10.1. The molecule has 1 heterocycles. The Morgan fingerprint density at radius 1 is 1.20 bits per heavy atom. The smallest absolute Gasteiger partial charge is 0.227 e. The van der Waals surface area contributed by atoms with E-state index in [-0.39, 0.29) is 11.9 Å². The molecule has 3 rings (SSSR count). The summed E-state index contributed by atoms with van der Waals surface area (Å²) in [5, 5.41) is 5.34. The van der Waals surface area contributed by atoms with Crippen LogP contribution >= 0.6 is 11.6 Å². The molecule has 0 fully saturated rings. The van der Waals surface area contributed by atoms with E-state index in [4.69, 9.17) is 16.3 Å². The van der Waals surface area contributed by atoms with E-state index in [1.165, 1.54) is 0 Å². The zero-order chi connectivity index (χ0) is 21.8. The molecule has 1 atom stereocenters. The Hall–Kier alpha value is -2.79. The lowest BCUT2D eigenvalue weighted by atomic mass is 10.0. The van der Waals surface area contributed by atoms with E-state index in [9.17, 15) is 4.79 Å². The Kier molecular flexibility index (Phi) is 6.83. The van der Waals surface area contributed by atoms with Crippen LogP contribution in [-0.2, 0) is 11.2 Å². The van der Waals surface area contributed by atoms with Crippen LogP contribution in [0.1, 0.15) is 42.4 Å². The van der Waals surface area contributed by atoms with Gasteiger partial charge in [0.1, 0.15) is 5.75 Å². The lowest BCUT2D eigenvalue weighted by molar-refractivity contribution is -0.132.